The van der Waals surface area contributed by atoms with Crippen LogP contribution in [0.2, 0.25) is 0 Å². The van der Waals surface area contributed by atoms with Gasteiger partial charge in [0.05, 0.1) is 0 Å². The number of unbranched alkanes of at least 4 members (excludes halogenated alkanes) is 4. The first-order valence-corrected chi connectivity index (χ1v) is 8.52. The van der Waals surface area contributed by atoms with Crippen LogP contribution in [-0.4, -0.2) is 32.8 Å². The van der Waals surface area contributed by atoms with Crippen LogP contribution in [0.1, 0.15) is 50.3 Å². The maximum atomic E-state index is 10.0. The van der Waals surface area contributed by atoms with E-state index >= 15 is 0 Å². The highest BCUT2D eigenvalue weighted by Crippen LogP contribution is 2.31. The van der Waals surface area contributed by atoms with Gasteiger partial charge in [0.15, 0.2) is 5.82 Å². The number of H-pyrrole nitrogens is 1. The van der Waals surface area contributed by atoms with E-state index in [0.29, 0.717) is 17.5 Å². The average Bonchev–Trinajstić information content (AvgIpc) is 3.15. The Hall–Kier alpha value is -2.63. The van der Waals surface area contributed by atoms with E-state index in [1.54, 1.807) is 12.4 Å². The smallest absolute Gasteiger partial charge is 0.238 e. The fraction of sp³-hybridized carbons (Fsp3) is 0.389. The molecule has 0 spiro atoms. The quantitative estimate of drug-likeness (QED) is 0.636. The van der Waals surface area contributed by atoms with E-state index in [1.807, 2.05) is 18.2 Å². The number of aromatic amines is 1. The van der Waals surface area contributed by atoms with Crippen molar-refractivity contribution in [2.45, 2.75) is 39.0 Å². The lowest BCUT2D eigenvalue weighted by atomic mass is 10.1. The van der Waals surface area contributed by atoms with Gasteiger partial charge in [-0.15, -0.1) is 0 Å². The number of hydrogen-bond acceptors (Lipinski definition) is 5. The molecule has 0 aromatic carbocycles. The number of aliphatic imine (C=N–C) groups is 1. The minimum atomic E-state index is -0.0123. The Morgan fingerprint density at radius 3 is 3.00 bits per heavy atom. The zero-order chi connectivity index (χ0) is 16.8. The molecule has 3 rings (SSSR count). The summed E-state index contributed by atoms with van der Waals surface area (Å²) >= 11 is 0. The van der Waals surface area contributed by atoms with Crippen molar-refractivity contribution in [2.75, 3.05) is 11.9 Å². The largest absolute Gasteiger partial charge is 0.492 e. The predicted molar refractivity (Wildman–Crippen MR) is 97.8 cm³/mol. The molecule has 0 unspecified atom stereocenters. The molecule has 1 aliphatic rings. The average molecular weight is 325 g/mol. The molecule has 0 bridgehead atoms. The molecular weight excluding hydrogens is 302 g/mol. The second-order valence-corrected chi connectivity index (χ2v) is 5.90. The van der Waals surface area contributed by atoms with Crippen molar-refractivity contribution in [1.82, 2.24) is 15.0 Å². The van der Waals surface area contributed by atoms with Crippen LogP contribution >= 0.6 is 0 Å². The number of hydrogen-bond donors (Lipinski definition) is 3. The van der Waals surface area contributed by atoms with E-state index in [4.69, 9.17) is 0 Å². The molecule has 1 aliphatic heterocycles. The van der Waals surface area contributed by atoms with Crippen LogP contribution in [0.4, 0.5) is 11.8 Å². The fourth-order valence-corrected chi connectivity index (χ4v) is 2.69. The summed E-state index contributed by atoms with van der Waals surface area (Å²) < 4.78 is 0. The van der Waals surface area contributed by atoms with Crippen molar-refractivity contribution >= 4 is 29.6 Å². The van der Waals surface area contributed by atoms with Crippen molar-refractivity contribution in [3.8, 4) is 5.88 Å². The molecule has 24 heavy (non-hydrogen) atoms. The Balaban J connectivity index is 1.61. The number of nitrogens with one attached hydrogen (secondary N) is 2. The van der Waals surface area contributed by atoms with E-state index in [1.165, 1.54) is 25.7 Å². The van der Waals surface area contributed by atoms with Gasteiger partial charge in [-0.1, -0.05) is 32.6 Å². The monoisotopic (exact) mass is 325 g/mol. The maximum absolute atomic E-state index is 10.0. The molecule has 0 atom stereocenters. The molecular formula is C18H23N5O. The topological polar surface area (TPSA) is 86.2 Å². The van der Waals surface area contributed by atoms with Crippen molar-refractivity contribution < 1.29 is 5.11 Å². The van der Waals surface area contributed by atoms with E-state index in [9.17, 15) is 5.11 Å². The summed E-state index contributed by atoms with van der Waals surface area (Å²) in [5, 5.41) is 13.3. The minimum Gasteiger partial charge on any atom is -0.492 e. The van der Waals surface area contributed by atoms with E-state index < -0.39 is 0 Å². The third kappa shape index (κ3) is 3.82. The van der Waals surface area contributed by atoms with Crippen LogP contribution in [-0.2, 0) is 0 Å². The Morgan fingerprint density at radius 2 is 2.12 bits per heavy atom. The van der Waals surface area contributed by atoms with Crippen molar-refractivity contribution in [3.05, 3.63) is 29.6 Å². The standard InChI is InChI=1S/C18H23N5O/c1-2-3-4-5-6-9-20-18-22-15(17(24)23-18)11-13-12-21-16-14(13)8-7-10-19-16/h7-8,10-12,24H,2-6,9H2,1H3,(H2,20,22,23). The van der Waals surface area contributed by atoms with Crippen LogP contribution in [0.3, 0.4) is 0 Å². The third-order valence-electron chi connectivity index (χ3n) is 4.01. The molecule has 6 heteroatoms. The maximum Gasteiger partial charge on any atom is 0.238 e. The van der Waals surface area contributed by atoms with Gasteiger partial charge in [0.2, 0.25) is 11.8 Å². The number of aromatic nitrogens is 3. The van der Waals surface area contributed by atoms with Gasteiger partial charge in [-0.25, -0.2) is 9.98 Å². The number of allylic oxidation sites excluding steroid dienone is 1. The normalized spacial score (nSPS) is 14.3. The van der Waals surface area contributed by atoms with Gasteiger partial charge in [0, 0.05) is 30.1 Å². The number of aromatic hydroxyl groups is 1. The Kier molecular flexibility index (Phi) is 5.25. The molecule has 0 saturated carbocycles. The lowest BCUT2D eigenvalue weighted by Gasteiger charge is -2.02. The molecule has 126 valence electrons. The lowest BCUT2D eigenvalue weighted by Crippen LogP contribution is -2.02. The number of imidazole rings is 1. The van der Waals surface area contributed by atoms with Crippen LogP contribution in [0.15, 0.2) is 23.3 Å². The molecule has 3 heterocycles. The van der Waals surface area contributed by atoms with Gasteiger partial charge in [-0.2, -0.15) is 4.98 Å². The summed E-state index contributed by atoms with van der Waals surface area (Å²) in [7, 11) is 0. The van der Waals surface area contributed by atoms with Gasteiger partial charge < -0.3 is 15.4 Å². The molecule has 0 fully saturated rings. The van der Waals surface area contributed by atoms with Gasteiger partial charge in [-0.05, 0) is 24.6 Å². The second-order valence-electron chi connectivity index (χ2n) is 5.90. The van der Waals surface area contributed by atoms with E-state index in [-0.39, 0.29) is 5.88 Å². The summed E-state index contributed by atoms with van der Waals surface area (Å²) in [6, 6.07) is 3.84. The highest BCUT2D eigenvalue weighted by Gasteiger charge is 2.14. The van der Waals surface area contributed by atoms with Crippen molar-refractivity contribution in [3.63, 3.8) is 0 Å². The third-order valence-corrected chi connectivity index (χ3v) is 4.01. The SMILES string of the molecule is CCCCCCCNc1nc(O)c(C=C2C=Nc3ncccc32)[nH]1. The molecule has 3 N–H and O–H groups in total. The highest BCUT2D eigenvalue weighted by molar-refractivity contribution is 6.20. The molecule has 0 saturated heterocycles. The molecule has 0 amide bonds. The molecule has 0 radical (unpaired) electrons. The van der Waals surface area contributed by atoms with Crippen LogP contribution in [0.5, 0.6) is 5.88 Å². The molecule has 2 aromatic heterocycles. The first-order chi connectivity index (χ1) is 11.8. The zero-order valence-corrected chi connectivity index (χ0v) is 13.9. The minimum absolute atomic E-state index is 0.0123. The van der Waals surface area contributed by atoms with Gasteiger partial charge in [0.1, 0.15) is 5.69 Å². The highest BCUT2D eigenvalue weighted by atomic mass is 16.3. The summed E-state index contributed by atoms with van der Waals surface area (Å²) in [4.78, 5) is 15.7. The number of rotatable bonds is 8. The van der Waals surface area contributed by atoms with Gasteiger partial charge in [0.25, 0.3) is 0 Å². The lowest BCUT2D eigenvalue weighted by molar-refractivity contribution is 0.455. The van der Waals surface area contributed by atoms with E-state index in [2.05, 4.69) is 32.2 Å². The second kappa shape index (κ2) is 7.77. The number of anilines is 1. The van der Waals surface area contributed by atoms with Crippen LogP contribution in [0.25, 0.3) is 11.6 Å². The molecule has 0 aliphatic carbocycles. The van der Waals surface area contributed by atoms with Crippen molar-refractivity contribution in [2.24, 2.45) is 4.99 Å². The summed E-state index contributed by atoms with van der Waals surface area (Å²) in [6.45, 7) is 3.06. The number of pyridine rings is 1. The summed E-state index contributed by atoms with van der Waals surface area (Å²) in [5.41, 5.74) is 2.43. The van der Waals surface area contributed by atoms with Gasteiger partial charge in [-0.3, -0.25) is 0 Å². The van der Waals surface area contributed by atoms with Gasteiger partial charge >= 0.3 is 0 Å². The first kappa shape index (κ1) is 16.2. The Morgan fingerprint density at radius 1 is 1.25 bits per heavy atom. The van der Waals surface area contributed by atoms with Crippen molar-refractivity contribution in [1.29, 1.82) is 0 Å². The Bertz CT molecular complexity index is 748. The first-order valence-electron chi connectivity index (χ1n) is 8.52. The van der Waals surface area contributed by atoms with E-state index in [0.717, 1.165) is 24.1 Å². The predicted octanol–water partition coefficient (Wildman–Crippen LogP) is 4.15. The molecule has 2 aromatic rings. The number of fused-ring (bicyclic) bond motifs is 1. The zero-order valence-electron chi connectivity index (χ0n) is 13.9. The fourth-order valence-electron chi connectivity index (χ4n) is 2.69. The number of nitrogens with zero attached hydrogens (tertiary/aromatic N) is 3. The summed E-state index contributed by atoms with van der Waals surface area (Å²) in [6.07, 6.45) is 11.4. The van der Waals surface area contributed by atoms with Crippen LogP contribution in [0, 0.1) is 0 Å². The molecule has 6 nitrogen and oxygen atoms in total. The summed E-state index contributed by atoms with van der Waals surface area (Å²) in [5.74, 6) is 1.28. The Labute approximate surface area is 141 Å². The van der Waals surface area contributed by atoms with Crippen LogP contribution < -0.4 is 5.32 Å².